The zero-order chi connectivity index (χ0) is 21.1. The monoisotopic (exact) mass is 408 g/mol. The van der Waals surface area contributed by atoms with Gasteiger partial charge in [0, 0.05) is 30.6 Å². The van der Waals surface area contributed by atoms with Gasteiger partial charge in [-0.3, -0.25) is 4.79 Å². The van der Waals surface area contributed by atoms with Crippen molar-refractivity contribution in [3.05, 3.63) is 71.0 Å². The van der Waals surface area contributed by atoms with E-state index in [2.05, 4.69) is 11.4 Å². The third-order valence-corrected chi connectivity index (χ3v) is 6.12. The number of nitrogens with zero attached hydrogens (tertiary/aromatic N) is 1. The molecule has 1 N–H and O–H groups in total. The second-order valence-electron chi connectivity index (χ2n) is 8.02. The fraction of sp³-hybridized carbons (Fsp3) is 0.400. The first kappa shape index (κ1) is 20.6. The van der Waals surface area contributed by atoms with Crippen LogP contribution in [0.15, 0.2) is 48.5 Å². The molecule has 1 spiro atoms. The summed E-state index contributed by atoms with van der Waals surface area (Å²) in [7, 11) is 0. The molecule has 2 heterocycles. The molecule has 2 aromatic rings. The number of fused-ring (bicyclic) bond motifs is 1. The summed E-state index contributed by atoms with van der Waals surface area (Å²) in [6.45, 7) is 7.19. The number of carbonyl (C=O) groups excluding carboxylic acids is 1. The predicted octanol–water partition coefficient (Wildman–Crippen LogP) is 4.64. The van der Waals surface area contributed by atoms with Crippen LogP contribution in [-0.4, -0.2) is 42.6 Å². The van der Waals surface area contributed by atoms with Crippen molar-refractivity contribution in [1.82, 2.24) is 10.2 Å². The Labute approximate surface area is 177 Å². The standard InChI is InChI=1S/C25H29FN2O2/c1-3-28(4-2)24(29)19-8-6-18(7-9-19)22-17-25(12-5-14-27-15-13-25)30-23-11-10-20(26)16-21(22)23/h6-11,16-17,27H,3-5,12-15H2,1-2H3. The molecule has 2 aliphatic heterocycles. The van der Waals surface area contributed by atoms with Crippen LogP contribution in [0.25, 0.3) is 5.57 Å². The maximum Gasteiger partial charge on any atom is 0.253 e. The minimum Gasteiger partial charge on any atom is -0.482 e. The molecule has 0 aliphatic carbocycles. The summed E-state index contributed by atoms with van der Waals surface area (Å²) >= 11 is 0. The Morgan fingerprint density at radius 2 is 1.87 bits per heavy atom. The summed E-state index contributed by atoms with van der Waals surface area (Å²) in [4.78, 5) is 14.5. The first-order valence-electron chi connectivity index (χ1n) is 10.9. The molecular weight excluding hydrogens is 379 g/mol. The molecule has 1 amide bonds. The molecule has 1 atom stereocenters. The number of amides is 1. The van der Waals surface area contributed by atoms with E-state index in [1.807, 2.05) is 38.1 Å². The average molecular weight is 409 g/mol. The van der Waals surface area contributed by atoms with Crippen LogP contribution in [0.3, 0.4) is 0 Å². The van der Waals surface area contributed by atoms with E-state index < -0.39 is 0 Å². The maximum absolute atomic E-state index is 14.1. The molecule has 0 bridgehead atoms. The van der Waals surface area contributed by atoms with Crippen molar-refractivity contribution in [3.8, 4) is 5.75 Å². The molecule has 4 nitrogen and oxygen atoms in total. The molecule has 30 heavy (non-hydrogen) atoms. The van der Waals surface area contributed by atoms with Crippen molar-refractivity contribution in [2.75, 3.05) is 26.2 Å². The lowest BCUT2D eigenvalue weighted by atomic mass is 9.84. The van der Waals surface area contributed by atoms with E-state index in [1.54, 1.807) is 11.0 Å². The Morgan fingerprint density at radius 3 is 2.60 bits per heavy atom. The zero-order valence-corrected chi connectivity index (χ0v) is 17.7. The van der Waals surface area contributed by atoms with Gasteiger partial charge in [0.05, 0.1) is 0 Å². The summed E-state index contributed by atoms with van der Waals surface area (Å²) < 4.78 is 20.5. The zero-order valence-electron chi connectivity index (χ0n) is 17.7. The molecule has 1 unspecified atom stereocenters. The number of carbonyl (C=O) groups is 1. The van der Waals surface area contributed by atoms with Crippen LogP contribution in [0, 0.1) is 5.82 Å². The molecule has 158 valence electrons. The Kier molecular flexibility index (Phi) is 5.91. The van der Waals surface area contributed by atoms with Crippen molar-refractivity contribution in [2.24, 2.45) is 0 Å². The number of benzene rings is 2. The predicted molar refractivity (Wildman–Crippen MR) is 117 cm³/mol. The maximum atomic E-state index is 14.1. The fourth-order valence-electron chi connectivity index (χ4n) is 4.42. The Balaban J connectivity index is 1.74. The number of nitrogens with one attached hydrogen (secondary N) is 1. The molecule has 1 saturated heterocycles. The summed E-state index contributed by atoms with van der Waals surface area (Å²) in [6, 6.07) is 12.4. The Bertz CT molecular complexity index is 940. The van der Waals surface area contributed by atoms with Gasteiger partial charge in [0.1, 0.15) is 17.2 Å². The van der Waals surface area contributed by atoms with Crippen LogP contribution in [0.5, 0.6) is 5.75 Å². The van der Waals surface area contributed by atoms with Crippen LogP contribution in [0.1, 0.15) is 54.6 Å². The van der Waals surface area contributed by atoms with Crippen molar-refractivity contribution in [2.45, 2.75) is 38.7 Å². The number of hydrogen-bond acceptors (Lipinski definition) is 3. The van der Waals surface area contributed by atoms with E-state index in [0.717, 1.165) is 54.8 Å². The lowest BCUT2D eigenvalue weighted by Gasteiger charge is -2.36. The van der Waals surface area contributed by atoms with Gasteiger partial charge in [-0.2, -0.15) is 0 Å². The normalized spacial score (nSPS) is 20.7. The molecule has 5 heteroatoms. The van der Waals surface area contributed by atoms with E-state index in [4.69, 9.17) is 4.74 Å². The lowest BCUT2D eigenvalue weighted by Crippen LogP contribution is -2.37. The van der Waals surface area contributed by atoms with Gasteiger partial charge in [-0.15, -0.1) is 0 Å². The third-order valence-electron chi connectivity index (χ3n) is 6.12. The molecule has 4 rings (SSSR count). The van der Waals surface area contributed by atoms with Gasteiger partial charge in [0.15, 0.2) is 0 Å². The van der Waals surface area contributed by atoms with Gasteiger partial charge in [0.25, 0.3) is 5.91 Å². The highest BCUT2D eigenvalue weighted by Crippen LogP contribution is 2.43. The summed E-state index contributed by atoms with van der Waals surface area (Å²) in [5, 5.41) is 3.44. The van der Waals surface area contributed by atoms with E-state index in [-0.39, 0.29) is 17.3 Å². The molecule has 2 aliphatic rings. The fourth-order valence-corrected chi connectivity index (χ4v) is 4.42. The van der Waals surface area contributed by atoms with E-state index in [1.165, 1.54) is 12.1 Å². The Hall–Kier alpha value is -2.66. The SMILES string of the molecule is CCN(CC)C(=O)c1ccc(C2=CC3(CCCNCC3)Oc3ccc(F)cc32)cc1. The second-order valence-corrected chi connectivity index (χ2v) is 8.02. The highest BCUT2D eigenvalue weighted by atomic mass is 19.1. The number of halogens is 1. The van der Waals surface area contributed by atoms with Gasteiger partial charge in [-0.25, -0.2) is 4.39 Å². The first-order valence-corrected chi connectivity index (χ1v) is 10.9. The van der Waals surface area contributed by atoms with Crippen molar-refractivity contribution < 1.29 is 13.9 Å². The first-order chi connectivity index (χ1) is 14.5. The average Bonchev–Trinajstić information content (AvgIpc) is 3.00. The summed E-state index contributed by atoms with van der Waals surface area (Å²) in [5.41, 5.74) is 2.99. The van der Waals surface area contributed by atoms with E-state index >= 15 is 0 Å². The van der Waals surface area contributed by atoms with E-state index in [9.17, 15) is 9.18 Å². The number of rotatable bonds is 4. The molecule has 2 aromatic carbocycles. The van der Waals surface area contributed by atoms with Gasteiger partial charge < -0.3 is 15.0 Å². The van der Waals surface area contributed by atoms with Crippen LogP contribution < -0.4 is 10.1 Å². The molecule has 1 fully saturated rings. The highest BCUT2D eigenvalue weighted by Gasteiger charge is 2.36. The molecular formula is C25H29FN2O2. The van der Waals surface area contributed by atoms with Crippen LogP contribution in [-0.2, 0) is 0 Å². The quantitative estimate of drug-likeness (QED) is 0.801. The van der Waals surface area contributed by atoms with Gasteiger partial charge in [-0.05, 0) is 87.3 Å². The highest BCUT2D eigenvalue weighted by molar-refractivity contribution is 5.95. The van der Waals surface area contributed by atoms with Gasteiger partial charge in [0.2, 0.25) is 0 Å². The second kappa shape index (κ2) is 8.60. The molecule has 0 aromatic heterocycles. The minimum absolute atomic E-state index is 0.0327. The number of hydrogen-bond donors (Lipinski definition) is 1. The third kappa shape index (κ3) is 3.99. The Morgan fingerprint density at radius 1 is 1.10 bits per heavy atom. The molecule has 0 saturated carbocycles. The van der Waals surface area contributed by atoms with Crippen LogP contribution >= 0.6 is 0 Å². The van der Waals surface area contributed by atoms with Crippen molar-refractivity contribution in [3.63, 3.8) is 0 Å². The van der Waals surface area contributed by atoms with Gasteiger partial charge >= 0.3 is 0 Å². The van der Waals surface area contributed by atoms with Gasteiger partial charge in [-0.1, -0.05) is 12.1 Å². The summed E-state index contributed by atoms with van der Waals surface area (Å²) in [6.07, 6.45) is 4.98. The van der Waals surface area contributed by atoms with Crippen LogP contribution in [0.4, 0.5) is 4.39 Å². The smallest absolute Gasteiger partial charge is 0.253 e. The van der Waals surface area contributed by atoms with Crippen molar-refractivity contribution >= 4 is 11.5 Å². The summed E-state index contributed by atoms with van der Waals surface area (Å²) in [5.74, 6) is 0.472. The molecule has 0 radical (unpaired) electrons. The largest absolute Gasteiger partial charge is 0.482 e. The van der Waals surface area contributed by atoms with Crippen molar-refractivity contribution in [1.29, 1.82) is 0 Å². The topological polar surface area (TPSA) is 41.6 Å². The number of ether oxygens (including phenoxy) is 1. The van der Waals surface area contributed by atoms with E-state index in [0.29, 0.717) is 18.7 Å². The lowest BCUT2D eigenvalue weighted by molar-refractivity contribution is 0.0773. The minimum atomic E-state index is -0.390. The van der Waals surface area contributed by atoms with Crippen LogP contribution in [0.2, 0.25) is 0 Å².